The highest BCUT2D eigenvalue weighted by Crippen LogP contribution is 2.23. The van der Waals surface area contributed by atoms with Gasteiger partial charge in [-0.1, -0.05) is 36.4 Å². The highest BCUT2D eigenvalue weighted by atomic mass is 19.4. The van der Waals surface area contributed by atoms with Crippen LogP contribution in [-0.4, -0.2) is 28.9 Å². The largest absolute Gasteiger partial charge is 0.573 e. The number of H-pyrrole nitrogens is 1. The van der Waals surface area contributed by atoms with E-state index in [1.807, 2.05) is 30.3 Å². The van der Waals surface area contributed by atoms with Crippen LogP contribution in [0.15, 0.2) is 67.1 Å². The molecule has 0 spiro atoms. The van der Waals surface area contributed by atoms with E-state index in [-0.39, 0.29) is 12.3 Å². The van der Waals surface area contributed by atoms with Gasteiger partial charge >= 0.3 is 12.4 Å². The second-order valence-electron chi connectivity index (χ2n) is 6.30. The average Bonchev–Trinajstić information content (AvgIpc) is 3.20. The summed E-state index contributed by atoms with van der Waals surface area (Å²) < 4.78 is 40.2. The zero-order valence-electron chi connectivity index (χ0n) is 15.7. The number of hydrogen-bond acceptors (Lipinski definition) is 3. The maximum atomic E-state index is 12.1. The first-order valence-corrected chi connectivity index (χ1v) is 9.01. The number of nitrogens with one attached hydrogen (secondary N) is 3. The van der Waals surface area contributed by atoms with Crippen molar-refractivity contribution in [2.45, 2.75) is 12.8 Å². The van der Waals surface area contributed by atoms with Crippen molar-refractivity contribution in [3.8, 4) is 5.75 Å². The van der Waals surface area contributed by atoms with Crippen molar-refractivity contribution in [1.82, 2.24) is 15.3 Å². The molecule has 0 radical (unpaired) electrons. The van der Waals surface area contributed by atoms with E-state index < -0.39 is 12.4 Å². The minimum Gasteiger partial charge on any atom is -0.406 e. The molecule has 1 aromatic heterocycles. The maximum Gasteiger partial charge on any atom is 0.573 e. The Morgan fingerprint density at radius 1 is 1.10 bits per heavy atom. The molecule has 0 atom stereocenters. The molecule has 0 unspecified atom stereocenters. The molecule has 156 valence electrons. The van der Waals surface area contributed by atoms with E-state index in [0.29, 0.717) is 5.69 Å². The van der Waals surface area contributed by atoms with Gasteiger partial charge in [0, 0.05) is 30.5 Å². The Morgan fingerprint density at radius 3 is 2.47 bits per heavy atom. The van der Waals surface area contributed by atoms with Crippen molar-refractivity contribution in [2.24, 2.45) is 0 Å². The fourth-order valence-electron chi connectivity index (χ4n) is 2.61. The number of imidazole rings is 1. The van der Waals surface area contributed by atoms with Crippen LogP contribution in [0.1, 0.15) is 16.8 Å². The zero-order valence-corrected chi connectivity index (χ0v) is 15.7. The van der Waals surface area contributed by atoms with Crippen molar-refractivity contribution in [3.63, 3.8) is 0 Å². The number of hydrogen-bond donors (Lipinski definition) is 3. The molecule has 2 amide bonds. The highest BCUT2D eigenvalue weighted by molar-refractivity contribution is 5.89. The Kier molecular flexibility index (Phi) is 6.74. The lowest BCUT2D eigenvalue weighted by Crippen LogP contribution is -2.28. The van der Waals surface area contributed by atoms with Crippen molar-refractivity contribution < 1.29 is 22.7 Å². The Hall–Kier alpha value is -3.75. The number of halogens is 3. The van der Waals surface area contributed by atoms with Crippen LogP contribution in [0.3, 0.4) is 0 Å². The summed E-state index contributed by atoms with van der Waals surface area (Å²) in [6, 6.07) is 12.4. The third-order valence-electron chi connectivity index (χ3n) is 3.97. The molecule has 3 N–H and O–H groups in total. The number of ether oxygens (including phenoxy) is 1. The number of aromatic amines is 1. The Bertz CT molecular complexity index is 967. The molecule has 2 aromatic carbocycles. The van der Waals surface area contributed by atoms with Gasteiger partial charge in [-0.15, -0.1) is 13.2 Å². The number of alkyl halides is 3. The molecule has 6 nitrogen and oxygen atoms in total. The van der Waals surface area contributed by atoms with Gasteiger partial charge in [0.15, 0.2) is 0 Å². The monoisotopic (exact) mass is 416 g/mol. The topological polar surface area (TPSA) is 79.0 Å². The summed E-state index contributed by atoms with van der Waals surface area (Å²) in [5, 5.41) is 5.17. The summed E-state index contributed by atoms with van der Waals surface area (Å²) in [7, 11) is 0. The zero-order chi connectivity index (χ0) is 21.4. The predicted octanol–water partition coefficient (Wildman–Crippen LogP) is 4.73. The molecular formula is C21H19F3N4O2. The Morgan fingerprint density at radius 2 is 1.83 bits per heavy atom. The van der Waals surface area contributed by atoms with E-state index in [9.17, 15) is 18.0 Å². The number of anilines is 1. The minimum atomic E-state index is -4.75. The summed E-state index contributed by atoms with van der Waals surface area (Å²) >= 11 is 0. The lowest BCUT2D eigenvalue weighted by atomic mass is 10.1. The van der Waals surface area contributed by atoms with Crippen LogP contribution >= 0.6 is 0 Å². The van der Waals surface area contributed by atoms with Gasteiger partial charge in [-0.05, 0) is 35.4 Å². The van der Waals surface area contributed by atoms with Crippen LogP contribution in [0.2, 0.25) is 0 Å². The molecule has 0 fully saturated rings. The number of rotatable bonds is 7. The van der Waals surface area contributed by atoms with Crippen LogP contribution in [0.4, 0.5) is 23.7 Å². The molecule has 1 heterocycles. The van der Waals surface area contributed by atoms with Gasteiger partial charge in [0.2, 0.25) is 0 Å². The smallest absolute Gasteiger partial charge is 0.406 e. The van der Waals surface area contributed by atoms with Gasteiger partial charge in [-0.3, -0.25) is 0 Å². The van der Waals surface area contributed by atoms with Crippen LogP contribution in [0.5, 0.6) is 5.75 Å². The number of benzene rings is 2. The van der Waals surface area contributed by atoms with Crippen LogP contribution in [0.25, 0.3) is 6.08 Å². The summed E-state index contributed by atoms with van der Waals surface area (Å²) in [6.07, 6.45) is 3.13. The maximum absolute atomic E-state index is 12.1. The first-order chi connectivity index (χ1) is 14.4. The second kappa shape index (κ2) is 9.64. The Balaban J connectivity index is 1.41. The van der Waals surface area contributed by atoms with Crippen molar-refractivity contribution in [3.05, 3.63) is 84.0 Å². The molecule has 3 rings (SSSR count). The molecule has 0 aliphatic heterocycles. The third-order valence-corrected chi connectivity index (χ3v) is 3.97. The summed E-state index contributed by atoms with van der Waals surface area (Å²) in [6.45, 7) is 0.289. The molecule has 0 aliphatic rings. The summed E-state index contributed by atoms with van der Waals surface area (Å²) in [4.78, 5) is 18.9. The van der Waals surface area contributed by atoms with Gasteiger partial charge in [-0.2, -0.15) is 0 Å². The molecule has 0 bridgehead atoms. The van der Waals surface area contributed by atoms with Crippen molar-refractivity contribution in [1.29, 1.82) is 0 Å². The predicted molar refractivity (Wildman–Crippen MR) is 107 cm³/mol. The SMILES string of the molecule is O=C(NC/C=C/c1ccc(Cc2cnc[nH]2)cc1)Nc1ccc(OC(F)(F)F)cc1. The number of aromatic nitrogens is 2. The number of carbonyl (C=O) groups is 1. The van der Waals surface area contributed by atoms with E-state index in [1.165, 1.54) is 12.1 Å². The van der Waals surface area contributed by atoms with E-state index in [1.54, 1.807) is 18.6 Å². The molecular weight excluding hydrogens is 397 g/mol. The van der Waals surface area contributed by atoms with Crippen LogP contribution in [0, 0.1) is 0 Å². The standard InChI is InChI=1S/C21H19F3N4O2/c22-21(23,24)30-19-9-7-17(8-10-19)28-20(29)26-11-1-2-15-3-5-16(6-4-15)12-18-13-25-14-27-18/h1-10,13-14H,11-12H2,(H,25,27)(H2,26,28,29)/b2-1+. The van der Waals surface area contributed by atoms with E-state index in [4.69, 9.17) is 0 Å². The van der Waals surface area contributed by atoms with Gasteiger partial charge in [0.25, 0.3) is 0 Å². The van der Waals surface area contributed by atoms with Crippen molar-refractivity contribution in [2.75, 3.05) is 11.9 Å². The van der Waals surface area contributed by atoms with Gasteiger partial charge < -0.3 is 20.4 Å². The average molecular weight is 416 g/mol. The number of carbonyl (C=O) groups excluding carboxylic acids is 1. The number of nitrogens with zero attached hydrogens (tertiary/aromatic N) is 1. The number of amides is 2. The Labute approximate surface area is 170 Å². The van der Waals surface area contributed by atoms with Crippen LogP contribution < -0.4 is 15.4 Å². The molecule has 0 saturated heterocycles. The first kappa shape index (κ1) is 21.0. The molecule has 30 heavy (non-hydrogen) atoms. The summed E-state index contributed by atoms with van der Waals surface area (Å²) in [5.41, 5.74) is 3.53. The molecule has 3 aromatic rings. The van der Waals surface area contributed by atoms with Crippen LogP contribution in [-0.2, 0) is 6.42 Å². The van der Waals surface area contributed by atoms with Crippen molar-refractivity contribution >= 4 is 17.8 Å². The second-order valence-corrected chi connectivity index (χ2v) is 6.30. The fourth-order valence-corrected chi connectivity index (χ4v) is 2.61. The molecule has 9 heteroatoms. The minimum absolute atomic E-state index is 0.289. The quantitative estimate of drug-likeness (QED) is 0.521. The molecule has 0 aliphatic carbocycles. The van der Waals surface area contributed by atoms with Gasteiger partial charge in [0.05, 0.1) is 6.33 Å². The lowest BCUT2D eigenvalue weighted by Gasteiger charge is -2.10. The summed E-state index contributed by atoms with van der Waals surface area (Å²) in [5.74, 6) is -0.355. The van der Waals surface area contributed by atoms with Gasteiger partial charge in [-0.25, -0.2) is 9.78 Å². The van der Waals surface area contributed by atoms with E-state index in [0.717, 1.165) is 35.4 Å². The normalized spacial score (nSPS) is 11.4. The van der Waals surface area contributed by atoms with E-state index >= 15 is 0 Å². The van der Waals surface area contributed by atoms with E-state index in [2.05, 4.69) is 25.3 Å². The lowest BCUT2D eigenvalue weighted by molar-refractivity contribution is -0.274. The molecule has 0 saturated carbocycles. The fraction of sp³-hybridized carbons (Fsp3) is 0.143. The third kappa shape index (κ3) is 7.01. The first-order valence-electron chi connectivity index (χ1n) is 9.01. The van der Waals surface area contributed by atoms with Gasteiger partial charge in [0.1, 0.15) is 5.75 Å². The highest BCUT2D eigenvalue weighted by Gasteiger charge is 2.30. The number of urea groups is 1.